The zero-order chi connectivity index (χ0) is 53.0. The van der Waals surface area contributed by atoms with E-state index in [-0.39, 0.29) is 0 Å². The maximum atomic E-state index is 2.41. The molecule has 376 valence electrons. The van der Waals surface area contributed by atoms with Crippen molar-refractivity contribution < 1.29 is 0 Å². The van der Waals surface area contributed by atoms with Gasteiger partial charge in [-0.15, -0.1) is 0 Å². The molecular weight excluding hydrogens is 983 g/mol. The smallest absolute Gasteiger partial charge is 0.179 e. The van der Waals surface area contributed by atoms with Crippen LogP contribution in [0.15, 0.2) is 322 Å². The molecule has 15 rings (SSSR count). The third-order valence-corrected chi connectivity index (χ3v) is 21.3. The van der Waals surface area contributed by atoms with E-state index in [0.717, 1.165) is 28.3 Å². The van der Waals surface area contributed by atoms with Crippen molar-refractivity contribution in [1.29, 1.82) is 0 Å². The van der Waals surface area contributed by atoms with Crippen molar-refractivity contribution in [3.63, 3.8) is 0 Å². The molecular formula is C76H53N3Si. The molecule has 0 radical (unpaired) electrons. The van der Waals surface area contributed by atoms with Gasteiger partial charge in [-0.2, -0.15) is 0 Å². The average Bonchev–Trinajstić information content (AvgIpc) is 4.25. The molecule has 0 amide bonds. The van der Waals surface area contributed by atoms with E-state index in [9.17, 15) is 0 Å². The van der Waals surface area contributed by atoms with E-state index in [1.165, 1.54) is 97.6 Å². The topological polar surface area (TPSA) is 12.6 Å². The van der Waals surface area contributed by atoms with Gasteiger partial charge in [0, 0.05) is 50.7 Å². The van der Waals surface area contributed by atoms with Gasteiger partial charge in [-0.25, -0.2) is 0 Å². The van der Waals surface area contributed by atoms with Gasteiger partial charge in [0.25, 0.3) is 0 Å². The van der Waals surface area contributed by atoms with Gasteiger partial charge < -0.3 is 13.9 Å². The van der Waals surface area contributed by atoms with E-state index in [2.05, 4.69) is 336 Å². The van der Waals surface area contributed by atoms with Crippen molar-refractivity contribution in [3.8, 4) is 39.1 Å². The lowest BCUT2D eigenvalue weighted by molar-refractivity contribution is 1.18. The molecule has 80 heavy (non-hydrogen) atoms. The quantitative estimate of drug-likeness (QED) is 0.0929. The number of aromatic nitrogens is 2. The van der Waals surface area contributed by atoms with Crippen LogP contribution < -0.4 is 25.6 Å². The van der Waals surface area contributed by atoms with E-state index in [4.69, 9.17) is 0 Å². The van der Waals surface area contributed by atoms with Gasteiger partial charge in [0.05, 0.1) is 22.1 Å². The lowest BCUT2D eigenvalue weighted by Gasteiger charge is -2.35. The van der Waals surface area contributed by atoms with Gasteiger partial charge in [0.15, 0.2) is 8.07 Å². The Bertz CT molecular complexity index is 4610. The first-order valence-electron chi connectivity index (χ1n) is 27.6. The summed E-state index contributed by atoms with van der Waals surface area (Å²) in [6.07, 6.45) is 2.19. The highest BCUT2D eigenvalue weighted by Gasteiger charge is 2.41. The highest BCUT2D eigenvalue weighted by atomic mass is 28.3. The van der Waals surface area contributed by atoms with Crippen LogP contribution in [0.2, 0.25) is 0 Å². The molecule has 0 aliphatic heterocycles. The van der Waals surface area contributed by atoms with Crippen LogP contribution in [-0.4, -0.2) is 17.0 Å². The summed E-state index contributed by atoms with van der Waals surface area (Å²) >= 11 is 0. The highest BCUT2D eigenvalue weighted by molar-refractivity contribution is 7.19. The minimum Gasteiger partial charge on any atom is -0.316 e. The Morgan fingerprint density at radius 2 is 0.700 bits per heavy atom. The Hall–Kier alpha value is -10.3. The number of fused-ring (bicyclic) bond motifs is 8. The molecule has 15 aromatic rings. The third-order valence-electron chi connectivity index (χ3n) is 16.5. The Kier molecular flexibility index (Phi) is 11.5. The highest BCUT2D eigenvalue weighted by Crippen LogP contribution is 2.43. The number of hydrogen-bond donors (Lipinski definition) is 0. The minimum absolute atomic E-state index is 1.08. The maximum Gasteiger partial charge on any atom is 0.179 e. The molecule has 3 nitrogen and oxygen atoms in total. The Labute approximate surface area is 466 Å². The molecule has 0 unspecified atom stereocenters. The zero-order valence-electron chi connectivity index (χ0n) is 43.9. The van der Waals surface area contributed by atoms with Gasteiger partial charge in [-0.1, -0.05) is 224 Å². The molecule has 0 aliphatic carbocycles. The van der Waals surface area contributed by atoms with Crippen LogP contribution >= 0.6 is 0 Å². The van der Waals surface area contributed by atoms with Crippen LogP contribution in [0.25, 0.3) is 88.1 Å². The van der Waals surface area contributed by atoms with Crippen LogP contribution in [0.1, 0.15) is 0 Å². The summed E-state index contributed by atoms with van der Waals surface area (Å²) in [7, 11) is -2.75. The van der Waals surface area contributed by atoms with Crippen molar-refractivity contribution in [2.45, 2.75) is 0 Å². The second-order valence-corrected chi connectivity index (χ2v) is 24.6. The first-order chi connectivity index (χ1) is 39.7. The molecule has 0 N–H and O–H groups in total. The van der Waals surface area contributed by atoms with Crippen LogP contribution in [0.5, 0.6) is 0 Å². The van der Waals surface area contributed by atoms with E-state index < -0.39 is 8.07 Å². The van der Waals surface area contributed by atoms with Crippen molar-refractivity contribution >= 4 is 94.9 Å². The van der Waals surface area contributed by atoms with Gasteiger partial charge in [-0.05, 0) is 150 Å². The summed E-state index contributed by atoms with van der Waals surface area (Å²) in [5, 5.41) is 11.6. The lowest BCUT2D eigenvalue weighted by Crippen LogP contribution is -2.74. The van der Waals surface area contributed by atoms with Gasteiger partial charge >= 0.3 is 0 Å². The normalized spacial score (nSPS) is 11.8. The van der Waals surface area contributed by atoms with Gasteiger partial charge in [-0.3, -0.25) is 0 Å². The van der Waals surface area contributed by atoms with Gasteiger partial charge in [0.2, 0.25) is 0 Å². The fourth-order valence-electron chi connectivity index (χ4n) is 12.8. The maximum absolute atomic E-state index is 2.75. The number of rotatable bonds is 11. The molecule has 0 aliphatic rings. The Morgan fingerprint density at radius 3 is 1.30 bits per heavy atom. The first-order valence-corrected chi connectivity index (χ1v) is 29.6. The van der Waals surface area contributed by atoms with Crippen LogP contribution in [0.4, 0.5) is 17.1 Å². The molecule has 0 saturated heterocycles. The largest absolute Gasteiger partial charge is 0.316 e. The molecule has 0 spiro atoms. The van der Waals surface area contributed by atoms with Crippen LogP contribution in [0, 0.1) is 0 Å². The second-order valence-electron chi connectivity index (χ2n) is 20.8. The SMILES string of the molecule is c1ccc(-c2c3c4cc(-c5ccc(N(c6ccc(-c7ccc8c(c7)c7ccccc7n8-c7ccccc7)cc6)c6ccc([Si](c7ccccc7)(c7ccccc7)c7ccccc7)cc6)cc5)ccc4ccc3n3ccccc23)cc1. The molecule has 0 atom stereocenters. The minimum atomic E-state index is -2.75. The van der Waals surface area contributed by atoms with E-state index >= 15 is 0 Å². The first kappa shape index (κ1) is 47.0. The lowest BCUT2D eigenvalue weighted by atomic mass is 9.95. The van der Waals surface area contributed by atoms with E-state index in [1.54, 1.807) is 0 Å². The summed E-state index contributed by atoms with van der Waals surface area (Å²) in [6, 6.07) is 116. The predicted molar refractivity (Wildman–Crippen MR) is 341 cm³/mol. The number of para-hydroxylation sites is 2. The van der Waals surface area contributed by atoms with Crippen LogP contribution in [0.3, 0.4) is 0 Å². The van der Waals surface area contributed by atoms with Crippen molar-refractivity contribution in [1.82, 2.24) is 8.97 Å². The van der Waals surface area contributed by atoms with Crippen molar-refractivity contribution in [2.75, 3.05) is 4.90 Å². The third kappa shape index (κ3) is 7.79. The van der Waals surface area contributed by atoms with Crippen LogP contribution in [-0.2, 0) is 0 Å². The van der Waals surface area contributed by atoms with E-state index in [1.807, 2.05) is 0 Å². The monoisotopic (exact) mass is 1040 g/mol. The number of nitrogens with zero attached hydrogens (tertiary/aromatic N) is 3. The predicted octanol–water partition coefficient (Wildman–Crippen LogP) is 17.2. The molecule has 3 heterocycles. The fourth-order valence-corrected chi connectivity index (χ4v) is 17.6. The summed E-state index contributed by atoms with van der Waals surface area (Å²) in [6.45, 7) is 0. The number of pyridine rings is 1. The second kappa shape index (κ2) is 19.6. The Morgan fingerprint density at radius 1 is 0.275 bits per heavy atom. The summed E-state index contributed by atoms with van der Waals surface area (Å²) in [5.74, 6) is 0. The van der Waals surface area contributed by atoms with E-state index in [0.29, 0.717) is 0 Å². The van der Waals surface area contributed by atoms with Crippen molar-refractivity contribution in [2.24, 2.45) is 0 Å². The molecule has 3 aromatic heterocycles. The number of benzene rings is 12. The molecule has 0 bridgehead atoms. The molecule has 0 fully saturated rings. The number of anilines is 3. The summed E-state index contributed by atoms with van der Waals surface area (Å²) < 4.78 is 4.71. The average molecular weight is 1040 g/mol. The summed E-state index contributed by atoms with van der Waals surface area (Å²) in [5.41, 5.74) is 16.4. The standard InChI is InChI=1S/C76H53N3Si/c1-6-20-57(21-7-1)75-73-32-18-19-51-77(73)74-50-39-56-33-34-58(52-69(56)76(74)75)54-35-41-61(42-36-54)78(63-45-47-67(48-46-63)80(64-24-10-3-11-25-64,65-26-12-4-13-27-65)66-28-14-5-15-29-66)62-43-37-55(38-44-62)59-40-49-72-70(53-59)68-30-16-17-31-71(68)79(72)60-22-8-2-9-23-60/h1-53H. The molecule has 12 aromatic carbocycles. The molecule has 0 saturated carbocycles. The zero-order valence-corrected chi connectivity index (χ0v) is 44.9. The Balaban J connectivity index is 0.856. The number of hydrogen-bond acceptors (Lipinski definition) is 1. The van der Waals surface area contributed by atoms with Gasteiger partial charge in [0.1, 0.15) is 0 Å². The van der Waals surface area contributed by atoms with Crippen molar-refractivity contribution in [3.05, 3.63) is 322 Å². The fraction of sp³-hybridized carbons (Fsp3) is 0. The summed E-state index contributed by atoms with van der Waals surface area (Å²) in [4.78, 5) is 2.41. The molecule has 4 heteroatoms.